The zero-order chi connectivity index (χ0) is 10.6. The van der Waals surface area contributed by atoms with Crippen molar-refractivity contribution in [3.05, 3.63) is 35.1 Å². The van der Waals surface area contributed by atoms with Gasteiger partial charge < -0.3 is 5.11 Å². The third kappa shape index (κ3) is 2.89. The Morgan fingerprint density at radius 3 is 2.71 bits per heavy atom. The smallest absolute Gasteiger partial charge is 0.147 e. The number of carbonyl (C=O) groups is 1. The summed E-state index contributed by atoms with van der Waals surface area (Å²) in [7, 11) is 0. The molecular weight excluding hydrogens is 251 g/mol. The van der Waals surface area contributed by atoms with Gasteiger partial charge in [0.25, 0.3) is 0 Å². The SMILES string of the molecule is O=C(CBr)Cc1ccc(CO)cc1F. The molecule has 0 heterocycles. The monoisotopic (exact) mass is 260 g/mol. The molecule has 14 heavy (non-hydrogen) atoms. The summed E-state index contributed by atoms with van der Waals surface area (Å²) in [5.41, 5.74) is 0.879. The van der Waals surface area contributed by atoms with Crippen LogP contribution in [0, 0.1) is 5.82 Å². The van der Waals surface area contributed by atoms with Gasteiger partial charge in [-0.2, -0.15) is 0 Å². The van der Waals surface area contributed by atoms with Crippen LogP contribution in [-0.2, 0) is 17.8 Å². The highest BCUT2D eigenvalue weighted by molar-refractivity contribution is 9.09. The maximum absolute atomic E-state index is 13.3. The van der Waals surface area contributed by atoms with Crippen LogP contribution in [0.2, 0.25) is 0 Å². The maximum Gasteiger partial charge on any atom is 0.147 e. The van der Waals surface area contributed by atoms with Crippen molar-refractivity contribution in [2.75, 3.05) is 5.33 Å². The second kappa shape index (κ2) is 5.22. The van der Waals surface area contributed by atoms with Gasteiger partial charge in [-0.25, -0.2) is 4.39 Å². The Bertz CT molecular complexity index is 339. The molecule has 0 aromatic heterocycles. The molecule has 1 N–H and O–H groups in total. The van der Waals surface area contributed by atoms with Gasteiger partial charge in [-0.3, -0.25) is 4.79 Å². The van der Waals surface area contributed by atoms with Crippen molar-refractivity contribution in [2.24, 2.45) is 0 Å². The minimum absolute atomic E-state index is 0.0688. The summed E-state index contributed by atoms with van der Waals surface area (Å²) in [6.45, 7) is -0.191. The predicted octanol–water partition coefficient (Wildman–Crippen LogP) is 1.82. The number of rotatable bonds is 4. The summed E-state index contributed by atoms with van der Waals surface area (Å²) in [6, 6.07) is 4.39. The van der Waals surface area contributed by atoms with E-state index in [2.05, 4.69) is 15.9 Å². The molecule has 0 atom stereocenters. The molecule has 2 nitrogen and oxygen atoms in total. The summed E-state index contributed by atoms with van der Waals surface area (Å²) >= 11 is 3.01. The summed E-state index contributed by atoms with van der Waals surface area (Å²) in [5.74, 6) is -0.508. The third-order valence-electron chi connectivity index (χ3n) is 1.84. The van der Waals surface area contributed by atoms with Gasteiger partial charge in [0.05, 0.1) is 11.9 Å². The number of hydrogen-bond donors (Lipinski definition) is 1. The average Bonchev–Trinajstić information content (AvgIpc) is 2.20. The molecule has 0 spiro atoms. The van der Waals surface area contributed by atoms with Crippen molar-refractivity contribution in [3.63, 3.8) is 0 Å². The zero-order valence-electron chi connectivity index (χ0n) is 7.46. The fraction of sp³-hybridized carbons (Fsp3) is 0.300. The Balaban J connectivity index is 2.83. The van der Waals surface area contributed by atoms with Crippen LogP contribution in [0.25, 0.3) is 0 Å². The molecule has 0 saturated heterocycles. The van der Waals surface area contributed by atoms with Crippen LogP contribution < -0.4 is 0 Å². The predicted molar refractivity (Wildman–Crippen MR) is 54.8 cm³/mol. The average molecular weight is 261 g/mol. The first kappa shape index (κ1) is 11.3. The highest BCUT2D eigenvalue weighted by atomic mass is 79.9. The van der Waals surface area contributed by atoms with Gasteiger partial charge >= 0.3 is 0 Å². The molecule has 1 rings (SSSR count). The molecule has 1 aromatic carbocycles. The van der Waals surface area contributed by atoms with Crippen molar-refractivity contribution >= 4 is 21.7 Å². The van der Waals surface area contributed by atoms with E-state index in [1.807, 2.05) is 0 Å². The van der Waals surface area contributed by atoms with Gasteiger partial charge in [-0.05, 0) is 17.2 Å². The van der Waals surface area contributed by atoms with Crippen molar-refractivity contribution in [2.45, 2.75) is 13.0 Å². The van der Waals surface area contributed by atoms with E-state index in [9.17, 15) is 9.18 Å². The van der Waals surface area contributed by atoms with E-state index >= 15 is 0 Å². The van der Waals surface area contributed by atoms with Crippen LogP contribution in [0.4, 0.5) is 4.39 Å². The molecule has 0 fully saturated rings. The van der Waals surface area contributed by atoms with Crippen molar-refractivity contribution in [1.82, 2.24) is 0 Å². The summed E-state index contributed by atoms with van der Waals surface area (Å²) in [5, 5.41) is 8.97. The molecule has 0 aliphatic carbocycles. The number of halogens is 2. The van der Waals surface area contributed by atoms with E-state index in [-0.39, 0.29) is 24.1 Å². The van der Waals surface area contributed by atoms with Gasteiger partial charge in [0.1, 0.15) is 11.6 Å². The topological polar surface area (TPSA) is 37.3 Å². The number of aliphatic hydroxyl groups excluding tert-OH is 1. The first-order valence-corrected chi connectivity index (χ1v) is 5.25. The Labute approximate surface area is 89.9 Å². The van der Waals surface area contributed by atoms with Crippen molar-refractivity contribution < 1.29 is 14.3 Å². The van der Waals surface area contributed by atoms with Crippen LogP contribution >= 0.6 is 15.9 Å². The molecule has 4 heteroatoms. The Morgan fingerprint density at radius 2 is 2.21 bits per heavy atom. The molecular formula is C10H10BrFO2. The first-order valence-electron chi connectivity index (χ1n) is 4.13. The number of ketones is 1. The molecule has 0 bridgehead atoms. The van der Waals surface area contributed by atoms with E-state index < -0.39 is 5.82 Å². The largest absolute Gasteiger partial charge is 0.392 e. The van der Waals surface area contributed by atoms with E-state index in [4.69, 9.17) is 5.11 Å². The molecule has 0 aliphatic heterocycles. The number of alkyl halides is 1. The minimum Gasteiger partial charge on any atom is -0.392 e. The lowest BCUT2D eigenvalue weighted by molar-refractivity contribution is -0.115. The van der Waals surface area contributed by atoms with Crippen LogP contribution in [0.5, 0.6) is 0 Å². The van der Waals surface area contributed by atoms with E-state index in [1.165, 1.54) is 12.1 Å². The summed E-state index contributed by atoms with van der Waals surface area (Å²) < 4.78 is 13.3. The maximum atomic E-state index is 13.3. The number of aliphatic hydroxyl groups is 1. The van der Waals surface area contributed by atoms with E-state index in [1.54, 1.807) is 6.07 Å². The molecule has 0 aliphatic rings. The van der Waals surface area contributed by atoms with E-state index in [0.29, 0.717) is 11.1 Å². The summed E-state index contributed by atoms with van der Waals surface area (Å²) in [6.07, 6.45) is 0.0861. The van der Waals surface area contributed by atoms with Gasteiger partial charge in [-0.1, -0.05) is 28.1 Å². The van der Waals surface area contributed by atoms with Gasteiger partial charge in [0, 0.05) is 6.42 Å². The number of carbonyl (C=O) groups excluding carboxylic acids is 1. The highest BCUT2D eigenvalue weighted by Crippen LogP contribution is 2.11. The van der Waals surface area contributed by atoms with Crippen molar-refractivity contribution in [3.8, 4) is 0 Å². The Morgan fingerprint density at radius 1 is 1.50 bits per heavy atom. The van der Waals surface area contributed by atoms with Crippen LogP contribution in [0.15, 0.2) is 18.2 Å². The lowest BCUT2D eigenvalue weighted by Gasteiger charge is -2.02. The number of benzene rings is 1. The minimum atomic E-state index is -0.439. The molecule has 0 unspecified atom stereocenters. The summed E-state index contributed by atoms with van der Waals surface area (Å²) in [4.78, 5) is 11.0. The molecule has 76 valence electrons. The molecule has 0 saturated carbocycles. The normalized spacial score (nSPS) is 10.2. The Hall–Kier alpha value is -0.740. The molecule has 0 amide bonds. The lowest BCUT2D eigenvalue weighted by atomic mass is 10.1. The molecule has 0 radical (unpaired) electrons. The highest BCUT2D eigenvalue weighted by Gasteiger charge is 2.07. The van der Waals surface area contributed by atoms with Gasteiger partial charge in [0.2, 0.25) is 0 Å². The second-order valence-electron chi connectivity index (χ2n) is 2.93. The van der Waals surface area contributed by atoms with Crippen LogP contribution in [0.1, 0.15) is 11.1 Å². The Kier molecular flexibility index (Phi) is 4.22. The second-order valence-corrected chi connectivity index (χ2v) is 3.49. The van der Waals surface area contributed by atoms with Crippen LogP contribution in [0.3, 0.4) is 0 Å². The van der Waals surface area contributed by atoms with Gasteiger partial charge in [0.15, 0.2) is 0 Å². The first-order chi connectivity index (χ1) is 6.67. The standard InChI is InChI=1S/C10H10BrFO2/c11-5-9(14)4-8-2-1-7(6-13)3-10(8)12/h1-3,13H,4-6H2. The van der Waals surface area contributed by atoms with E-state index in [0.717, 1.165) is 0 Å². The quantitative estimate of drug-likeness (QED) is 0.839. The number of Topliss-reactive ketones (excluding diaryl/α,β-unsaturated/α-hetero) is 1. The fourth-order valence-electron chi connectivity index (χ4n) is 1.09. The fourth-order valence-corrected chi connectivity index (χ4v) is 1.29. The molecule has 1 aromatic rings. The zero-order valence-corrected chi connectivity index (χ0v) is 9.05. The van der Waals surface area contributed by atoms with Crippen LogP contribution in [-0.4, -0.2) is 16.2 Å². The number of hydrogen-bond acceptors (Lipinski definition) is 2. The van der Waals surface area contributed by atoms with Crippen molar-refractivity contribution in [1.29, 1.82) is 0 Å². The van der Waals surface area contributed by atoms with Gasteiger partial charge in [-0.15, -0.1) is 0 Å². The lowest BCUT2D eigenvalue weighted by Crippen LogP contribution is -2.05. The third-order valence-corrected chi connectivity index (χ3v) is 2.46.